The van der Waals surface area contributed by atoms with E-state index in [4.69, 9.17) is 5.73 Å². The first-order chi connectivity index (χ1) is 11.0. The van der Waals surface area contributed by atoms with Crippen molar-refractivity contribution in [3.05, 3.63) is 59.7 Å². The third kappa shape index (κ3) is 3.69. The van der Waals surface area contributed by atoms with Crippen LogP contribution in [0.3, 0.4) is 0 Å². The Morgan fingerprint density at radius 3 is 2.30 bits per heavy atom. The minimum atomic E-state index is -0.455. The van der Waals surface area contributed by atoms with Crippen LogP contribution < -0.4 is 16.4 Å². The summed E-state index contributed by atoms with van der Waals surface area (Å²) in [4.78, 5) is 23.3. The van der Waals surface area contributed by atoms with Gasteiger partial charge in [-0.3, -0.25) is 9.59 Å². The molecule has 0 atom stereocenters. The molecular weight excluding hydrogens is 290 g/mol. The molecule has 1 fully saturated rings. The molecule has 4 N–H and O–H groups in total. The van der Waals surface area contributed by atoms with Crippen LogP contribution in [0.1, 0.15) is 40.5 Å². The Bertz CT molecular complexity index is 749. The van der Waals surface area contributed by atoms with Gasteiger partial charge in [0, 0.05) is 28.0 Å². The summed E-state index contributed by atoms with van der Waals surface area (Å²) in [7, 11) is 0. The molecule has 0 saturated heterocycles. The molecule has 0 radical (unpaired) electrons. The van der Waals surface area contributed by atoms with Crippen molar-refractivity contribution in [2.24, 2.45) is 5.73 Å². The van der Waals surface area contributed by atoms with Gasteiger partial charge in [-0.05, 0) is 62.2 Å². The second-order valence-electron chi connectivity index (χ2n) is 6.16. The van der Waals surface area contributed by atoms with Gasteiger partial charge < -0.3 is 16.4 Å². The number of rotatable bonds is 5. The van der Waals surface area contributed by atoms with Crippen LogP contribution in [0.5, 0.6) is 0 Å². The van der Waals surface area contributed by atoms with Gasteiger partial charge in [-0.2, -0.15) is 0 Å². The largest absolute Gasteiger partial charge is 0.366 e. The monoisotopic (exact) mass is 309 g/mol. The molecular formula is C18H19N3O2. The van der Waals surface area contributed by atoms with Gasteiger partial charge in [-0.15, -0.1) is 0 Å². The normalized spacial score (nSPS) is 14.8. The maximum atomic E-state index is 12.2. The Labute approximate surface area is 134 Å². The fourth-order valence-corrected chi connectivity index (χ4v) is 2.28. The Kier molecular flexibility index (Phi) is 3.78. The second kappa shape index (κ2) is 5.76. The molecule has 118 valence electrons. The number of carbonyl (C=O) groups excluding carboxylic acids is 2. The number of amides is 2. The van der Waals surface area contributed by atoms with Crippen LogP contribution >= 0.6 is 0 Å². The topological polar surface area (TPSA) is 84.2 Å². The van der Waals surface area contributed by atoms with Gasteiger partial charge in [0.05, 0.1) is 0 Å². The lowest BCUT2D eigenvalue weighted by Gasteiger charge is -2.13. The van der Waals surface area contributed by atoms with Crippen LogP contribution in [0, 0.1) is 0 Å². The van der Waals surface area contributed by atoms with E-state index in [1.165, 1.54) is 0 Å². The zero-order valence-corrected chi connectivity index (χ0v) is 12.9. The molecule has 0 aromatic heterocycles. The van der Waals surface area contributed by atoms with Gasteiger partial charge in [0.1, 0.15) is 0 Å². The van der Waals surface area contributed by atoms with E-state index >= 15 is 0 Å². The number of hydrogen-bond acceptors (Lipinski definition) is 3. The average molecular weight is 309 g/mol. The van der Waals surface area contributed by atoms with Crippen molar-refractivity contribution in [3.63, 3.8) is 0 Å². The van der Waals surface area contributed by atoms with Gasteiger partial charge in [0.2, 0.25) is 5.91 Å². The zero-order chi connectivity index (χ0) is 16.4. The minimum Gasteiger partial charge on any atom is -0.366 e. The minimum absolute atomic E-state index is 0.0366. The molecule has 1 aliphatic rings. The first-order valence-corrected chi connectivity index (χ1v) is 7.55. The number of anilines is 2. The summed E-state index contributed by atoms with van der Waals surface area (Å²) in [6, 6.07) is 14.2. The molecule has 0 bridgehead atoms. The quantitative estimate of drug-likeness (QED) is 0.794. The van der Waals surface area contributed by atoms with Crippen LogP contribution in [-0.2, 0) is 0 Å². The highest BCUT2D eigenvalue weighted by atomic mass is 16.2. The molecule has 5 heteroatoms. The van der Waals surface area contributed by atoms with Gasteiger partial charge in [-0.25, -0.2) is 0 Å². The number of benzene rings is 2. The fourth-order valence-electron chi connectivity index (χ4n) is 2.28. The Balaban J connectivity index is 1.71. The SMILES string of the molecule is CC1(NC(=O)c2cccc(Nc3ccc(C(N)=O)cc3)c2)CC1. The molecule has 2 aromatic carbocycles. The predicted molar refractivity (Wildman–Crippen MR) is 89.8 cm³/mol. The van der Waals surface area contributed by atoms with Crippen molar-refractivity contribution in [2.45, 2.75) is 25.3 Å². The molecule has 1 saturated carbocycles. The summed E-state index contributed by atoms with van der Waals surface area (Å²) >= 11 is 0. The van der Waals surface area contributed by atoms with E-state index in [9.17, 15) is 9.59 Å². The first kappa shape index (κ1) is 15.1. The summed E-state index contributed by atoms with van der Waals surface area (Å²) < 4.78 is 0. The van der Waals surface area contributed by atoms with E-state index in [1.54, 1.807) is 30.3 Å². The highest BCUT2D eigenvalue weighted by Gasteiger charge is 2.38. The molecule has 0 unspecified atom stereocenters. The van der Waals surface area contributed by atoms with Crippen molar-refractivity contribution in [1.82, 2.24) is 5.32 Å². The maximum Gasteiger partial charge on any atom is 0.251 e. The fraction of sp³-hybridized carbons (Fsp3) is 0.222. The van der Waals surface area contributed by atoms with Gasteiger partial charge >= 0.3 is 0 Å². The number of nitrogens with two attached hydrogens (primary N) is 1. The molecule has 0 spiro atoms. The predicted octanol–water partition coefficient (Wildman–Crippen LogP) is 2.81. The van der Waals surface area contributed by atoms with Crippen molar-refractivity contribution in [3.8, 4) is 0 Å². The highest BCUT2D eigenvalue weighted by molar-refractivity contribution is 5.96. The molecule has 2 aromatic rings. The number of nitrogens with one attached hydrogen (secondary N) is 2. The lowest BCUT2D eigenvalue weighted by Crippen LogP contribution is -2.34. The van der Waals surface area contributed by atoms with E-state index in [-0.39, 0.29) is 11.4 Å². The van der Waals surface area contributed by atoms with Crippen LogP contribution in [0.15, 0.2) is 48.5 Å². The number of hydrogen-bond donors (Lipinski definition) is 3. The highest BCUT2D eigenvalue weighted by Crippen LogP contribution is 2.34. The van der Waals surface area contributed by atoms with Crippen LogP contribution in [0.4, 0.5) is 11.4 Å². The summed E-state index contributed by atoms with van der Waals surface area (Å²) in [6.07, 6.45) is 2.06. The standard InChI is InChI=1S/C18H19N3O2/c1-18(9-10-18)21-17(23)13-3-2-4-15(11-13)20-14-7-5-12(6-8-14)16(19)22/h2-8,11,20H,9-10H2,1H3,(H2,19,22)(H,21,23). The molecule has 3 rings (SSSR count). The van der Waals surface area contributed by atoms with Crippen molar-refractivity contribution in [1.29, 1.82) is 0 Å². The second-order valence-corrected chi connectivity index (χ2v) is 6.16. The third-order valence-electron chi connectivity index (χ3n) is 4.00. The Morgan fingerprint density at radius 2 is 1.70 bits per heavy atom. The van der Waals surface area contributed by atoms with Gasteiger partial charge in [0.15, 0.2) is 0 Å². The number of primary amides is 1. The van der Waals surface area contributed by atoms with Gasteiger partial charge in [-0.1, -0.05) is 6.07 Å². The van der Waals surface area contributed by atoms with E-state index in [0.29, 0.717) is 11.1 Å². The third-order valence-corrected chi connectivity index (χ3v) is 4.00. The molecule has 0 aliphatic heterocycles. The van der Waals surface area contributed by atoms with E-state index < -0.39 is 5.91 Å². The molecule has 2 amide bonds. The van der Waals surface area contributed by atoms with Crippen molar-refractivity contribution >= 4 is 23.2 Å². The van der Waals surface area contributed by atoms with Crippen molar-refractivity contribution in [2.75, 3.05) is 5.32 Å². The average Bonchev–Trinajstić information content (AvgIpc) is 3.25. The molecule has 0 heterocycles. The molecule has 1 aliphatic carbocycles. The van der Waals surface area contributed by atoms with E-state index in [2.05, 4.69) is 10.6 Å². The summed E-state index contributed by atoms with van der Waals surface area (Å²) in [5.41, 5.74) is 7.90. The van der Waals surface area contributed by atoms with Crippen LogP contribution in [0.2, 0.25) is 0 Å². The first-order valence-electron chi connectivity index (χ1n) is 7.55. The van der Waals surface area contributed by atoms with Crippen LogP contribution in [0.25, 0.3) is 0 Å². The smallest absolute Gasteiger partial charge is 0.251 e. The van der Waals surface area contributed by atoms with E-state index in [1.807, 2.05) is 25.1 Å². The summed E-state index contributed by atoms with van der Waals surface area (Å²) in [5.74, 6) is -0.512. The van der Waals surface area contributed by atoms with Crippen molar-refractivity contribution < 1.29 is 9.59 Å². The van der Waals surface area contributed by atoms with Gasteiger partial charge in [0.25, 0.3) is 5.91 Å². The molecule has 23 heavy (non-hydrogen) atoms. The lowest BCUT2D eigenvalue weighted by atomic mass is 10.1. The van der Waals surface area contributed by atoms with E-state index in [0.717, 1.165) is 24.2 Å². The Morgan fingerprint density at radius 1 is 1.00 bits per heavy atom. The Hall–Kier alpha value is -2.82. The van der Waals surface area contributed by atoms with Crippen LogP contribution in [-0.4, -0.2) is 17.4 Å². The lowest BCUT2D eigenvalue weighted by molar-refractivity contribution is 0.0934. The molecule has 5 nitrogen and oxygen atoms in total. The summed E-state index contributed by atoms with van der Waals surface area (Å²) in [6.45, 7) is 2.05. The maximum absolute atomic E-state index is 12.2. The summed E-state index contributed by atoms with van der Waals surface area (Å²) in [5, 5.41) is 6.25. The number of carbonyl (C=O) groups is 2. The zero-order valence-electron chi connectivity index (χ0n) is 12.9.